The molecule has 7 nitrogen and oxygen atoms in total. The molecule has 3 aromatic carbocycles. The van der Waals surface area contributed by atoms with Crippen LogP contribution in [0.15, 0.2) is 83.8 Å². The molecule has 3 rings (SSSR count). The average Bonchev–Trinajstić information content (AvgIpc) is 2.80. The van der Waals surface area contributed by atoms with E-state index in [1.807, 2.05) is 13.0 Å². The van der Waals surface area contributed by atoms with E-state index >= 15 is 0 Å². The highest BCUT2D eigenvalue weighted by molar-refractivity contribution is 7.92. The summed E-state index contributed by atoms with van der Waals surface area (Å²) in [5.74, 6) is -1.20. The molecule has 0 aromatic heterocycles. The molecule has 0 spiro atoms. The molecule has 0 fully saturated rings. The number of nitrogens with zero attached hydrogens (tertiary/aromatic N) is 1. The number of esters is 1. The molecule has 0 aliphatic rings. The molecule has 0 heterocycles. The van der Waals surface area contributed by atoms with Gasteiger partial charge in [-0.25, -0.2) is 13.2 Å². The molecule has 1 amide bonds. The van der Waals surface area contributed by atoms with Gasteiger partial charge in [-0.2, -0.15) is 0 Å². The summed E-state index contributed by atoms with van der Waals surface area (Å²) < 4.78 is 33.2. The second-order valence-corrected chi connectivity index (χ2v) is 8.96. The van der Waals surface area contributed by atoms with E-state index in [9.17, 15) is 18.0 Å². The van der Waals surface area contributed by atoms with E-state index < -0.39 is 28.0 Å². The third-order valence-corrected chi connectivity index (χ3v) is 6.17. The van der Waals surface area contributed by atoms with E-state index in [1.165, 1.54) is 36.1 Å². The summed E-state index contributed by atoms with van der Waals surface area (Å²) in [6.45, 7) is 3.37. The fourth-order valence-corrected chi connectivity index (χ4v) is 4.06. The maximum atomic E-state index is 12.7. The molecular formula is C24H24N2O5S. The van der Waals surface area contributed by atoms with E-state index in [0.29, 0.717) is 11.4 Å². The lowest BCUT2D eigenvalue weighted by molar-refractivity contribution is -0.126. The summed E-state index contributed by atoms with van der Waals surface area (Å²) in [6, 6.07) is 21.3. The van der Waals surface area contributed by atoms with Gasteiger partial charge in [-0.1, -0.05) is 42.0 Å². The van der Waals surface area contributed by atoms with Gasteiger partial charge in [0.25, 0.3) is 15.9 Å². The topological polar surface area (TPSA) is 92.8 Å². The van der Waals surface area contributed by atoms with E-state index in [-0.39, 0.29) is 10.5 Å². The molecule has 1 atom stereocenters. The van der Waals surface area contributed by atoms with Gasteiger partial charge in [0.05, 0.1) is 10.5 Å². The molecule has 0 aliphatic carbocycles. The standard InChI is InChI=1S/C24H24N2O5S/c1-17-12-14-20(15-13-17)25-32(29,30)22-11-7-8-19(16-22)24(28)31-18(2)23(27)26(3)21-9-5-4-6-10-21/h4-16,18,25H,1-3H3. The molecule has 8 heteroatoms. The van der Waals surface area contributed by atoms with Crippen molar-refractivity contribution in [2.45, 2.75) is 24.8 Å². The van der Waals surface area contributed by atoms with Crippen molar-refractivity contribution in [3.8, 4) is 0 Å². The molecule has 0 bridgehead atoms. The van der Waals surface area contributed by atoms with E-state index in [0.717, 1.165) is 5.56 Å². The van der Waals surface area contributed by atoms with Gasteiger partial charge in [0.1, 0.15) is 0 Å². The minimum Gasteiger partial charge on any atom is -0.449 e. The Morgan fingerprint density at radius 2 is 1.59 bits per heavy atom. The number of amides is 1. The first kappa shape index (κ1) is 23.0. The number of benzene rings is 3. The Kier molecular flexibility index (Phi) is 6.95. The molecule has 0 saturated carbocycles. The number of hydrogen-bond acceptors (Lipinski definition) is 5. The van der Waals surface area contributed by atoms with Crippen molar-refractivity contribution in [1.29, 1.82) is 0 Å². The lowest BCUT2D eigenvalue weighted by Crippen LogP contribution is -2.37. The molecular weight excluding hydrogens is 428 g/mol. The quantitative estimate of drug-likeness (QED) is 0.547. The van der Waals surface area contributed by atoms with Gasteiger partial charge in [0.2, 0.25) is 0 Å². The van der Waals surface area contributed by atoms with Crippen LogP contribution >= 0.6 is 0 Å². The Labute approximate surface area is 187 Å². The number of carbonyl (C=O) groups is 2. The average molecular weight is 453 g/mol. The zero-order valence-electron chi connectivity index (χ0n) is 18.0. The summed E-state index contributed by atoms with van der Waals surface area (Å²) in [6.07, 6.45) is -1.06. The summed E-state index contributed by atoms with van der Waals surface area (Å²) in [4.78, 5) is 26.5. The zero-order chi connectivity index (χ0) is 23.3. The molecule has 1 unspecified atom stereocenters. The smallest absolute Gasteiger partial charge is 0.338 e. The van der Waals surface area contributed by atoms with Gasteiger partial charge in [0.15, 0.2) is 6.10 Å². The van der Waals surface area contributed by atoms with Crippen LogP contribution < -0.4 is 9.62 Å². The second kappa shape index (κ2) is 9.65. The number of likely N-dealkylation sites (N-methyl/N-ethyl adjacent to an activating group) is 1. The highest BCUT2D eigenvalue weighted by atomic mass is 32.2. The third kappa shape index (κ3) is 5.53. The lowest BCUT2D eigenvalue weighted by atomic mass is 10.2. The molecule has 166 valence electrons. The normalized spacial score (nSPS) is 12.0. The number of ether oxygens (including phenoxy) is 1. The van der Waals surface area contributed by atoms with E-state index in [4.69, 9.17) is 4.74 Å². The number of sulfonamides is 1. The van der Waals surface area contributed by atoms with Crippen molar-refractivity contribution in [3.63, 3.8) is 0 Å². The van der Waals surface area contributed by atoms with Crippen LogP contribution in [0.4, 0.5) is 11.4 Å². The third-order valence-electron chi connectivity index (χ3n) is 4.79. The van der Waals surface area contributed by atoms with Gasteiger partial charge in [-0.15, -0.1) is 0 Å². The van der Waals surface area contributed by atoms with Crippen LogP contribution in [0.2, 0.25) is 0 Å². The summed E-state index contributed by atoms with van der Waals surface area (Å²) in [7, 11) is -2.32. The highest BCUT2D eigenvalue weighted by Crippen LogP contribution is 2.19. The Morgan fingerprint density at radius 1 is 0.938 bits per heavy atom. The Hall–Kier alpha value is -3.65. The largest absolute Gasteiger partial charge is 0.449 e. The van der Waals surface area contributed by atoms with Crippen LogP contribution in [-0.2, 0) is 19.6 Å². The predicted octanol–water partition coefficient (Wildman–Crippen LogP) is 4.00. The van der Waals surface area contributed by atoms with Crippen LogP contribution in [0.1, 0.15) is 22.8 Å². The first-order valence-electron chi connectivity index (χ1n) is 9.90. The van der Waals surface area contributed by atoms with Crippen molar-refractivity contribution in [3.05, 3.63) is 90.0 Å². The summed E-state index contributed by atoms with van der Waals surface area (Å²) >= 11 is 0. The first-order valence-corrected chi connectivity index (χ1v) is 11.4. The highest BCUT2D eigenvalue weighted by Gasteiger charge is 2.24. The second-order valence-electron chi connectivity index (χ2n) is 7.28. The number of anilines is 2. The van der Waals surface area contributed by atoms with Crippen molar-refractivity contribution in [2.75, 3.05) is 16.7 Å². The van der Waals surface area contributed by atoms with Gasteiger partial charge >= 0.3 is 5.97 Å². The number of nitrogens with one attached hydrogen (secondary N) is 1. The molecule has 1 N–H and O–H groups in total. The van der Waals surface area contributed by atoms with Gasteiger partial charge in [0, 0.05) is 18.4 Å². The van der Waals surface area contributed by atoms with Crippen LogP contribution in [0, 0.1) is 6.92 Å². The van der Waals surface area contributed by atoms with E-state index in [1.54, 1.807) is 55.6 Å². The monoisotopic (exact) mass is 452 g/mol. The fourth-order valence-electron chi connectivity index (χ4n) is 2.96. The summed E-state index contributed by atoms with van der Waals surface area (Å²) in [5, 5.41) is 0. The Morgan fingerprint density at radius 3 is 2.25 bits per heavy atom. The van der Waals surface area contributed by atoms with Gasteiger partial charge in [-0.05, 0) is 56.3 Å². The Bertz CT molecular complexity index is 1210. The summed E-state index contributed by atoms with van der Waals surface area (Å²) in [5.41, 5.74) is 2.10. The number of rotatable bonds is 7. The SMILES string of the molecule is Cc1ccc(NS(=O)(=O)c2cccc(C(=O)OC(C)C(=O)N(C)c3ccccc3)c2)cc1. The first-order chi connectivity index (χ1) is 15.2. The number of hydrogen-bond donors (Lipinski definition) is 1. The van der Waals surface area contributed by atoms with Crippen molar-refractivity contribution in [2.24, 2.45) is 0 Å². The van der Waals surface area contributed by atoms with Crippen molar-refractivity contribution in [1.82, 2.24) is 0 Å². The van der Waals surface area contributed by atoms with Gasteiger partial charge < -0.3 is 9.64 Å². The van der Waals surface area contributed by atoms with Crippen LogP contribution in [0.5, 0.6) is 0 Å². The number of carbonyl (C=O) groups excluding carboxylic acids is 2. The van der Waals surface area contributed by atoms with Gasteiger partial charge in [-0.3, -0.25) is 9.52 Å². The maximum Gasteiger partial charge on any atom is 0.338 e. The van der Waals surface area contributed by atoms with Crippen molar-refractivity contribution >= 4 is 33.3 Å². The van der Waals surface area contributed by atoms with E-state index in [2.05, 4.69) is 4.72 Å². The molecule has 3 aromatic rings. The van der Waals surface area contributed by atoms with Crippen LogP contribution in [0.3, 0.4) is 0 Å². The molecule has 0 saturated heterocycles. The number of aryl methyl sites for hydroxylation is 1. The van der Waals surface area contributed by atoms with Crippen molar-refractivity contribution < 1.29 is 22.7 Å². The Balaban J connectivity index is 1.72. The minimum atomic E-state index is -3.91. The molecule has 0 radical (unpaired) electrons. The number of para-hydroxylation sites is 1. The fraction of sp³-hybridized carbons (Fsp3) is 0.167. The lowest BCUT2D eigenvalue weighted by Gasteiger charge is -2.21. The zero-order valence-corrected chi connectivity index (χ0v) is 18.8. The maximum absolute atomic E-state index is 12.7. The van der Waals surface area contributed by atoms with Crippen LogP contribution in [0.25, 0.3) is 0 Å². The minimum absolute atomic E-state index is 0.0267. The molecule has 32 heavy (non-hydrogen) atoms. The molecule has 0 aliphatic heterocycles. The predicted molar refractivity (Wildman–Crippen MR) is 123 cm³/mol. The van der Waals surface area contributed by atoms with Crippen LogP contribution in [-0.4, -0.2) is 33.4 Å².